The molecule has 1 aromatic heterocycles. The van der Waals surface area contributed by atoms with Gasteiger partial charge in [-0.05, 0) is 42.3 Å². The molecule has 1 aliphatic rings. The third-order valence-electron chi connectivity index (χ3n) is 6.89. The lowest BCUT2D eigenvalue weighted by atomic mass is 9.79. The van der Waals surface area contributed by atoms with Crippen molar-refractivity contribution in [2.45, 2.75) is 18.9 Å². The fourth-order valence-corrected chi connectivity index (χ4v) is 5.48. The standard InChI is InChI=1S/C29H28ClN3O3/c1-18-12-13-24(23(30)16-18)31-28(34)26-20-9-4-5-10-21(20)29(35)33(14-15-36-3)27(26)22-17-32(2)25-11-7-6-8-19(22)25/h4-13,16-17,26-27H,14-15H2,1-3H3,(H,31,34)/t26-,27-/m1/s1. The Morgan fingerprint density at radius 2 is 1.81 bits per heavy atom. The molecule has 5 rings (SSSR count). The van der Waals surface area contributed by atoms with E-state index in [-0.39, 0.29) is 11.8 Å². The first-order chi connectivity index (χ1) is 17.4. The van der Waals surface area contributed by atoms with Crippen LogP contribution in [0.1, 0.15) is 39.0 Å². The lowest BCUT2D eigenvalue weighted by Crippen LogP contribution is -2.47. The van der Waals surface area contributed by atoms with E-state index in [1.165, 1.54) is 0 Å². The third-order valence-corrected chi connectivity index (χ3v) is 7.20. The summed E-state index contributed by atoms with van der Waals surface area (Å²) in [7, 11) is 3.59. The minimum absolute atomic E-state index is 0.113. The molecule has 0 radical (unpaired) electrons. The summed E-state index contributed by atoms with van der Waals surface area (Å²) < 4.78 is 7.40. The summed E-state index contributed by atoms with van der Waals surface area (Å²) in [6.45, 7) is 2.66. The summed E-state index contributed by atoms with van der Waals surface area (Å²) in [5, 5.41) is 4.53. The second kappa shape index (κ2) is 9.80. The van der Waals surface area contributed by atoms with Gasteiger partial charge in [0.05, 0.1) is 29.3 Å². The van der Waals surface area contributed by atoms with Crippen LogP contribution in [0.5, 0.6) is 0 Å². The largest absolute Gasteiger partial charge is 0.383 e. The number of ether oxygens (including phenoxy) is 1. The van der Waals surface area contributed by atoms with Gasteiger partial charge in [0, 0.05) is 48.9 Å². The van der Waals surface area contributed by atoms with Crippen molar-refractivity contribution in [3.05, 3.63) is 100 Å². The minimum Gasteiger partial charge on any atom is -0.383 e. The van der Waals surface area contributed by atoms with Gasteiger partial charge in [0.25, 0.3) is 5.91 Å². The van der Waals surface area contributed by atoms with Crippen molar-refractivity contribution in [3.8, 4) is 0 Å². The Balaban J connectivity index is 1.69. The second-order valence-corrected chi connectivity index (χ2v) is 9.59. The molecule has 36 heavy (non-hydrogen) atoms. The Morgan fingerprint density at radius 1 is 1.06 bits per heavy atom. The van der Waals surface area contributed by atoms with Crippen LogP contribution in [0.15, 0.2) is 72.9 Å². The molecule has 0 spiro atoms. The van der Waals surface area contributed by atoms with Crippen LogP contribution in [0, 0.1) is 6.92 Å². The summed E-state index contributed by atoms with van der Waals surface area (Å²) in [5.41, 5.74) is 4.73. The highest BCUT2D eigenvalue weighted by atomic mass is 35.5. The molecule has 2 atom stereocenters. The molecule has 3 aromatic carbocycles. The monoisotopic (exact) mass is 501 g/mol. The molecule has 1 N–H and O–H groups in total. The first kappa shape index (κ1) is 24.1. The Bertz CT molecular complexity index is 1460. The van der Waals surface area contributed by atoms with Crippen LogP contribution >= 0.6 is 11.6 Å². The van der Waals surface area contributed by atoms with Gasteiger partial charge in [0.1, 0.15) is 0 Å². The van der Waals surface area contributed by atoms with E-state index in [0.717, 1.165) is 22.0 Å². The van der Waals surface area contributed by atoms with Crippen molar-refractivity contribution >= 4 is 40.0 Å². The van der Waals surface area contributed by atoms with Crippen LogP contribution in [0.3, 0.4) is 0 Å². The molecule has 2 amide bonds. The molecule has 184 valence electrons. The number of carbonyl (C=O) groups excluding carboxylic acids is 2. The number of hydrogen-bond acceptors (Lipinski definition) is 3. The molecule has 6 nitrogen and oxygen atoms in total. The van der Waals surface area contributed by atoms with Crippen LogP contribution < -0.4 is 5.32 Å². The summed E-state index contributed by atoms with van der Waals surface area (Å²) in [5.74, 6) is -0.988. The molecule has 0 fully saturated rings. The summed E-state index contributed by atoms with van der Waals surface area (Å²) in [6.07, 6.45) is 2.02. The van der Waals surface area contributed by atoms with Gasteiger partial charge in [-0.3, -0.25) is 9.59 Å². The average molecular weight is 502 g/mol. The highest BCUT2D eigenvalue weighted by molar-refractivity contribution is 6.33. The first-order valence-electron chi connectivity index (χ1n) is 11.9. The van der Waals surface area contributed by atoms with E-state index in [0.29, 0.717) is 35.0 Å². The van der Waals surface area contributed by atoms with E-state index in [9.17, 15) is 9.59 Å². The number of hydrogen-bond donors (Lipinski definition) is 1. The minimum atomic E-state index is -0.654. The number of rotatable bonds is 6. The Labute approximate surface area is 215 Å². The number of nitrogens with zero attached hydrogens (tertiary/aromatic N) is 2. The number of aromatic nitrogens is 1. The van der Waals surface area contributed by atoms with E-state index in [4.69, 9.17) is 16.3 Å². The number of methoxy groups -OCH3 is 1. The summed E-state index contributed by atoms with van der Waals surface area (Å²) in [6, 6.07) is 20.4. The molecule has 0 saturated heterocycles. The number of fused-ring (bicyclic) bond motifs is 2. The first-order valence-corrected chi connectivity index (χ1v) is 12.3. The molecule has 0 bridgehead atoms. The fraction of sp³-hybridized carbons (Fsp3) is 0.241. The highest BCUT2D eigenvalue weighted by Crippen LogP contribution is 2.45. The van der Waals surface area contributed by atoms with Crippen molar-refractivity contribution in [2.75, 3.05) is 25.6 Å². The molecule has 0 aliphatic carbocycles. The Hall–Kier alpha value is -3.61. The number of anilines is 1. The van der Waals surface area contributed by atoms with E-state index < -0.39 is 12.0 Å². The lowest BCUT2D eigenvalue weighted by molar-refractivity contribution is -0.119. The maximum atomic E-state index is 14.1. The van der Waals surface area contributed by atoms with Gasteiger partial charge in [0.15, 0.2) is 0 Å². The molecule has 0 saturated carbocycles. The van der Waals surface area contributed by atoms with Gasteiger partial charge in [-0.25, -0.2) is 0 Å². The third kappa shape index (κ3) is 4.16. The van der Waals surface area contributed by atoms with Gasteiger partial charge in [0.2, 0.25) is 5.91 Å². The topological polar surface area (TPSA) is 63.6 Å². The zero-order valence-electron chi connectivity index (χ0n) is 20.5. The van der Waals surface area contributed by atoms with Crippen molar-refractivity contribution < 1.29 is 14.3 Å². The van der Waals surface area contributed by atoms with Crippen molar-refractivity contribution in [1.29, 1.82) is 0 Å². The molecule has 0 unspecified atom stereocenters. The predicted molar refractivity (Wildman–Crippen MR) is 143 cm³/mol. The zero-order valence-corrected chi connectivity index (χ0v) is 21.3. The van der Waals surface area contributed by atoms with Crippen molar-refractivity contribution in [2.24, 2.45) is 7.05 Å². The normalized spacial score (nSPS) is 17.3. The number of nitrogens with one attached hydrogen (secondary N) is 1. The number of aryl methyl sites for hydroxylation is 2. The number of carbonyl (C=O) groups is 2. The Morgan fingerprint density at radius 3 is 2.58 bits per heavy atom. The van der Waals surface area contributed by atoms with Crippen LogP contribution in [0.4, 0.5) is 5.69 Å². The van der Waals surface area contributed by atoms with Crippen molar-refractivity contribution in [3.63, 3.8) is 0 Å². The highest BCUT2D eigenvalue weighted by Gasteiger charge is 2.45. The molecule has 1 aliphatic heterocycles. The van der Waals surface area contributed by atoms with E-state index in [2.05, 4.69) is 5.32 Å². The van der Waals surface area contributed by atoms with Gasteiger partial charge in [-0.15, -0.1) is 0 Å². The number of para-hydroxylation sites is 1. The van der Waals surface area contributed by atoms with E-state index >= 15 is 0 Å². The van der Waals surface area contributed by atoms with Gasteiger partial charge < -0.3 is 19.5 Å². The van der Waals surface area contributed by atoms with E-state index in [1.807, 2.05) is 85.4 Å². The fourth-order valence-electron chi connectivity index (χ4n) is 5.20. The molecular weight excluding hydrogens is 474 g/mol. The molecule has 7 heteroatoms. The number of benzene rings is 3. The SMILES string of the molecule is COCCN1C(=O)c2ccccc2[C@@H](C(=O)Nc2ccc(C)cc2Cl)[C@H]1c1cn(C)c2ccccc12. The maximum absolute atomic E-state index is 14.1. The summed E-state index contributed by atoms with van der Waals surface area (Å²) in [4.78, 5) is 29.6. The van der Waals surface area contributed by atoms with Gasteiger partial charge >= 0.3 is 0 Å². The smallest absolute Gasteiger partial charge is 0.254 e. The number of amides is 2. The maximum Gasteiger partial charge on any atom is 0.254 e. The lowest BCUT2D eigenvalue weighted by Gasteiger charge is -2.41. The molecule has 2 heterocycles. The molecular formula is C29H28ClN3O3. The predicted octanol–water partition coefficient (Wildman–Crippen LogP) is 5.71. The van der Waals surface area contributed by atoms with Crippen LogP contribution in [0.2, 0.25) is 5.02 Å². The van der Waals surface area contributed by atoms with Gasteiger partial charge in [-0.2, -0.15) is 0 Å². The van der Waals surface area contributed by atoms with Gasteiger partial charge in [-0.1, -0.05) is 54.1 Å². The van der Waals surface area contributed by atoms with Crippen LogP contribution in [0.25, 0.3) is 10.9 Å². The zero-order chi connectivity index (χ0) is 25.4. The average Bonchev–Trinajstić information content (AvgIpc) is 3.21. The Kier molecular flexibility index (Phi) is 6.56. The van der Waals surface area contributed by atoms with Crippen LogP contribution in [-0.2, 0) is 16.6 Å². The quantitative estimate of drug-likeness (QED) is 0.368. The number of halogens is 1. The molecule has 4 aromatic rings. The van der Waals surface area contributed by atoms with Crippen LogP contribution in [-0.4, -0.2) is 41.5 Å². The second-order valence-electron chi connectivity index (χ2n) is 9.19. The summed E-state index contributed by atoms with van der Waals surface area (Å²) >= 11 is 6.47. The van der Waals surface area contributed by atoms with Crippen molar-refractivity contribution in [1.82, 2.24) is 9.47 Å². The van der Waals surface area contributed by atoms with E-state index in [1.54, 1.807) is 18.1 Å².